The van der Waals surface area contributed by atoms with Crippen LogP contribution in [0.4, 0.5) is 17.6 Å². The van der Waals surface area contributed by atoms with E-state index in [1.54, 1.807) is 0 Å². The Morgan fingerprint density at radius 1 is 1.27 bits per heavy atom. The lowest BCUT2D eigenvalue weighted by Gasteiger charge is -2.18. The molecule has 4 nitrogen and oxygen atoms in total. The number of benzene rings is 1. The lowest BCUT2D eigenvalue weighted by molar-refractivity contribution is -0.0508. The van der Waals surface area contributed by atoms with Crippen molar-refractivity contribution in [3.8, 4) is 5.75 Å². The van der Waals surface area contributed by atoms with Crippen LogP contribution in [0, 0.1) is 11.6 Å². The van der Waals surface area contributed by atoms with Crippen molar-refractivity contribution in [2.24, 2.45) is 0 Å². The molecule has 4 rings (SSSR count). The van der Waals surface area contributed by atoms with Crippen LogP contribution in [0.3, 0.4) is 0 Å². The number of imidazole rings is 1. The number of halogens is 5. The molecule has 0 saturated heterocycles. The van der Waals surface area contributed by atoms with Crippen LogP contribution in [0.2, 0.25) is 0 Å². The summed E-state index contributed by atoms with van der Waals surface area (Å²) in [5.74, 6) is -2.35. The average molecular weight is 431 g/mol. The van der Waals surface area contributed by atoms with Crippen molar-refractivity contribution in [2.75, 3.05) is 0 Å². The van der Waals surface area contributed by atoms with Crippen LogP contribution in [-0.2, 0) is 0 Å². The molecule has 0 spiro atoms. The second-order valence-corrected chi connectivity index (χ2v) is 6.77. The summed E-state index contributed by atoms with van der Waals surface area (Å²) < 4.78 is 59.9. The fourth-order valence-corrected chi connectivity index (χ4v) is 3.74. The number of alkyl halides is 2. The van der Waals surface area contributed by atoms with Crippen LogP contribution in [0.15, 0.2) is 34.9 Å². The highest BCUT2D eigenvalue weighted by molar-refractivity contribution is 9.10. The van der Waals surface area contributed by atoms with Crippen molar-refractivity contribution in [3.63, 3.8) is 0 Å². The van der Waals surface area contributed by atoms with Gasteiger partial charge >= 0.3 is 6.61 Å². The average Bonchev–Trinajstić information content (AvgIpc) is 3.06. The summed E-state index contributed by atoms with van der Waals surface area (Å²) in [4.78, 5) is 4.21. The minimum atomic E-state index is -3.12. The van der Waals surface area contributed by atoms with E-state index in [9.17, 15) is 22.7 Å². The summed E-state index contributed by atoms with van der Waals surface area (Å²) in [6, 6.07) is 4.82. The monoisotopic (exact) mass is 430 g/mol. The predicted octanol–water partition coefficient (Wildman–Crippen LogP) is 4.55. The first-order valence-corrected chi connectivity index (χ1v) is 8.44. The number of aromatic nitrogens is 2. The number of pyridine rings is 1. The van der Waals surface area contributed by atoms with Crippen LogP contribution >= 0.6 is 15.9 Å². The Balaban J connectivity index is 1.94. The molecule has 1 aliphatic rings. The van der Waals surface area contributed by atoms with Crippen LogP contribution in [0.1, 0.15) is 35.4 Å². The van der Waals surface area contributed by atoms with E-state index in [4.69, 9.17) is 0 Å². The first-order chi connectivity index (χ1) is 12.4. The number of hydrogen-bond donors (Lipinski definition) is 1. The predicted molar refractivity (Wildman–Crippen MR) is 87.3 cm³/mol. The van der Waals surface area contributed by atoms with Crippen LogP contribution in [0.25, 0.3) is 5.65 Å². The van der Waals surface area contributed by atoms with Gasteiger partial charge in [0.15, 0.2) is 0 Å². The zero-order chi connectivity index (χ0) is 18.6. The molecule has 1 aromatic carbocycles. The summed E-state index contributed by atoms with van der Waals surface area (Å²) in [7, 11) is 0. The third-order valence-electron chi connectivity index (χ3n) is 4.41. The molecule has 0 saturated carbocycles. The van der Waals surface area contributed by atoms with Gasteiger partial charge in [-0.1, -0.05) is 6.07 Å². The van der Waals surface area contributed by atoms with Gasteiger partial charge in [0.2, 0.25) is 0 Å². The van der Waals surface area contributed by atoms with Gasteiger partial charge in [0.25, 0.3) is 0 Å². The van der Waals surface area contributed by atoms with Crippen LogP contribution in [-0.4, -0.2) is 21.1 Å². The van der Waals surface area contributed by atoms with Gasteiger partial charge in [-0.05, 0) is 34.5 Å². The fourth-order valence-electron chi connectivity index (χ4n) is 3.42. The van der Waals surface area contributed by atoms with Gasteiger partial charge in [-0.25, -0.2) is 13.8 Å². The SMILES string of the molecule is OC1CC(c2c(F)cccc2OC(F)F)c2c1nc1cc(F)c(Br)cn21. The van der Waals surface area contributed by atoms with Crippen LogP contribution in [0.5, 0.6) is 5.75 Å². The third-order valence-corrected chi connectivity index (χ3v) is 5.00. The Labute approximate surface area is 153 Å². The van der Waals surface area contributed by atoms with E-state index in [2.05, 4.69) is 25.7 Å². The second-order valence-electron chi connectivity index (χ2n) is 5.91. The molecule has 2 aromatic heterocycles. The number of aliphatic hydroxyl groups excluding tert-OH is 1. The van der Waals surface area contributed by atoms with Gasteiger partial charge in [-0.3, -0.25) is 0 Å². The molecule has 0 aliphatic heterocycles. The zero-order valence-corrected chi connectivity index (χ0v) is 14.6. The molecule has 9 heteroatoms. The van der Waals surface area contributed by atoms with Crippen molar-refractivity contribution < 1.29 is 27.4 Å². The van der Waals surface area contributed by atoms with E-state index in [0.717, 1.165) is 6.07 Å². The number of hydrogen-bond acceptors (Lipinski definition) is 3. The van der Waals surface area contributed by atoms with Gasteiger partial charge in [0.1, 0.15) is 23.0 Å². The summed E-state index contributed by atoms with van der Waals surface area (Å²) in [6.07, 6.45) is 0.433. The number of nitrogens with zero attached hydrogens (tertiary/aromatic N) is 2. The Morgan fingerprint density at radius 2 is 2.04 bits per heavy atom. The zero-order valence-electron chi connectivity index (χ0n) is 13.0. The molecule has 26 heavy (non-hydrogen) atoms. The lowest BCUT2D eigenvalue weighted by atomic mass is 9.95. The Kier molecular flexibility index (Phi) is 4.15. The lowest BCUT2D eigenvalue weighted by Crippen LogP contribution is -2.10. The molecule has 2 heterocycles. The third kappa shape index (κ3) is 2.66. The Hall–Kier alpha value is -2.13. The molecule has 0 radical (unpaired) electrons. The minimum Gasteiger partial charge on any atom is -0.434 e. The highest BCUT2D eigenvalue weighted by Crippen LogP contribution is 2.47. The van der Waals surface area contributed by atoms with Gasteiger partial charge in [-0.15, -0.1) is 0 Å². The van der Waals surface area contributed by atoms with E-state index in [1.165, 1.54) is 28.8 Å². The minimum absolute atomic E-state index is 0.0517. The number of fused-ring (bicyclic) bond motifs is 3. The summed E-state index contributed by atoms with van der Waals surface area (Å²) in [5, 5.41) is 10.3. The molecule has 2 atom stereocenters. The molecular formula is C17H11BrF4N2O2. The molecule has 1 aliphatic carbocycles. The molecule has 3 aromatic rings. The van der Waals surface area contributed by atoms with Gasteiger partial charge in [0.05, 0.1) is 22.0 Å². The standard InChI is InChI=1S/C17H11BrF4N2O2/c18-8-6-24-13(5-10(8)20)23-15-11(25)4-7(16(15)24)14-9(19)2-1-3-12(14)26-17(21)22/h1-3,5-7,11,17,25H,4H2. The first-order valence-electron chi connectivity index (χ1n) is 7.65. The van der Waals surface area contributed by atoms with E-state index in [0.29, 0.717) is 5.69 Å². The second kappa shape index (κ2) is 6.24. The van der Waals surface area contributed by atoms with E-state index in [1.807, 2.05) is 0 Å². The van der Waals surface area contributed by atoms with Crippen molar-refractivity contribution in [3.05, 3.63) is 63.5 Å². The van der Waals surface area contributed by atoms with Crippen molar-refractivity contribution >= 4 is 21.6 Å². The molecule has 0 fully saturated rings. The van der Waals surface area contributed by atoms with Crippen molar-refractivity contribution in [2.45, 2.75) is 25.1 Å². The summed E-state index contributed by atoms with van der Waals surface area (Å²) in [5.41, 5.74) is 0.816. The smallest absolute Gasteiger partial charge is 0.387 e. The van der Waals surface area contributed by atoms with E-state index < -0.39 is 30.3 Å². The Bertz CT molecular complexity index is 1010. The normalized spacial score (nSPS) is 19.3. The maximum atomic E-state index is 14.5. The first kappa shape index (κ1) is 17.3. The van der Waals surface area contributed by atoms with E-state index >= 15 is 0 Å². The molecular weight excluding hydrogens is 420 g/mol. The van der Waals surface area contributed by atoms with Crippen LogP contribution < -0.4 is 4.74 Å². The quantitative estimate of drug-likeness (QED) is 0.620. The number of aliphatic hydroxyl groups is 1. The summed E-state index contributed by atoms with van der Waals surface area (Å²) >= 11 is 3.08. The largest absolute Gasteiger partial charge is 0.434 e. The topological polar surface area (TPSA) is 46.8 Å². The van der Waals surface area contributed by atoms with Crippen molar-refractivity contribution in [1.29, 1.82) is 0 Å². The summed E-state index contributed by atoms with van der Waals surface area (Å²) in [6.45, 7) is -3.12. The maximum absolute atomic E-state index is 14.5. The highest BCUT2D eigenvalue weighted by atomic mass is 79.9. The molecule has 0 amide bonds. The number of rotatable bonds is 3. The molecule has 136 valence electrons. The fraction of sp³-hybridized carbons (Fsp3) is 0.235. The highest BCUT2D eigenvalue weighted by Gasteiger charge is 2.39. The van der Waals surface area contributed by atoms with Gasteiger partial charge < -0.3 is 14.2 Å². The van der Waals surface area contributed by atoms with Crippen molar-refractivity contribution in [1.82, 2.24) is 9.38 Å². The van der Waals surface area contributed by atoms with Gasteiger partial charge in [-0.2, -0.15) is 8.78 Å². The van der Waals surface area contributed by atoms with Gasteiger partial charge in [0, 0.05) is 23.7 Å². The molecule has 1 N–H and O–H groups in total. The Morgan fingerprint density at radius 3 is 2.77 bits per heavy atom. The molecule has 0 bridgehead atoms. The van der Waals surface area contributed by atoms with E-state index in [-0.39, 0.29) is 33.5 Å². The number of ether oxygens (including phenoxy) is 1. The molecule has 2 unspecified atom stereocenters. The maximum Gasteiger partial charge on any atom is 0.387 e.